The zero-order valence-electron chi connectivity index (χ0n) is 10.6. The van der Waals surface area contributed by atoms with Crippen molar-refractivity contribution in [2.24, 2.45) is 0 Å². The van der Waals surface area contributed by atoms with E-state index in [-0.39, 0.29) is 5.91 Å². The van der Waals surface area contributed by atoms with Gasteiger partial charge in [0.05, 0.1) is 25.5 Å². The van der Waals surface area contributed by atoms with Gasteiger partial charge in [-0.2, -0.15) is 0 Å². The van der Waals surface area contributed by atoms with Crippen molar-refractivity contribution >= 4 is 17.4 Å². The summed E-state index contributed by atoms with van der Waals surface area (Å²) >= 11 is 1.15. The first-order chi connectivity index (χ1) is 8.77. The third-order valence-electron chi connectivity index (χ3n) is 3.05. The lowest BCUT2D eigenvalue weighted by molar-refractivity contribution is -0.908. The van der Waals surface area contributed by atoms with Gasteiger partial charge in [0.25, 0.3) is 5.91 Å². The number of nitrogens with one attached hydrogen (secondary N) is 2. The summed E-state index contributed by atoms with van der Waals surface area (Å²) in [7, 11) is 0. The van der Waals surface area contributed by atoms with Crippen LogP contribution in [-0.2, 0) is 4.74 Å². The number of nitrogens with zero attached hydrogens (tertiary/aromatic N) is 2. The number of morpholine rings is 1. The second kappa shape index (κ2) is 6.77. The third-order valence-corrected chi connectivity index (χ3v) is 3.88. The first-order valence-electron chi connectivity index (χ1n) is 6.26. The third kappa shape index (κ3) is 3.72. The highest BCUT2D eigenvalue weighted by atomic mass is 32.1. The molecule has 0 aromatic carbocycles. The fraction of sp³-hybridized carbons (Fsp3) is 0.727. The number of carbonyl (C=O) groups excluding carboxylic acids is 1. The van der Waals surface area contributed by atoms with Crippen molar-refractivity contribution < 1.29 is 14.4 Å². The Morgan fingerprint density at radius 1 is 1.50 bits per heavy atom. The van der Waals surface area contributed by atoms with Crippen molar-refractivity contribution in [3.63, 3.8) is 0 Å². The minimum atomic E-state index is -0.0560. The summed E-state index contributed by atoms with van der Waals surface area (Å²) in [5, 5.41) is 6.74. The number of amides is 1. The average molecular weight is 271 g/mol. The topological polar surface area (TPSA) is 68.5 Å². The number of aryl methyl sites for hydroxylation is 1. The van der Waals surface area contributed by atoms with Crippen LogP contribution in [0.4, 0.5) is 0 Å². The first kappa shape index (κ1) is 13.4. The Morgan fingerprint density at radius 2 is 2.28 bits per heavy atom. The molecule has 2 N–H and O–H groups in total. The lowest BCUT2D eigenvalue weighted by atomic mass is 10.3. The van der Waals surface area contributed by atoms with Crippen molar-refractivity contribution in [3.8, 4) is 0 Å². The van der Waals surface area contributed by atoms with Gasteiger partial charge in [-0.05, 0) is 18.5 Å². The molecular weight excluding hydrogens is 252 g/mol. The van der Waals surface area contributed by atoms with E-state index in [2.05, 4.69) is 14.9 Å². The van der Waals surface area contributed by atoms with Crippen LogP contribution < -0.4 is 10.2 Å². The predicted octanol–water partition coefficient (Wildman–Crippen LogP) is -1.12. The molecule has 0 saturated carbocycles. The van der Waals surface area contributed by atoms with Crippen LogP contribution in [0.25, 0.3) is 0 Å². The Morgan fingerprint density at radius 3 is 2.94 bits per heavy atom. The van der Waals surface area contributed by atoms with E-state index in [0.717, 1.165) is 50.8 Å². The van der Waals surface area contributed by atoms with Gasteiger partial charge in [0.15, 0.2) is 0 Å². The Labute approximate surface area is 110 Å². The summed E-state index contributed by atoms with van der Waals surface area (Å²) in [5.74, 6) is -0.0560. The molecule has 7 heteroatoms. The van der Waals surface area contributed by atoms with E-state index in [0.29, 0.717) is 17.1 Å². The lowest BCUT2D eigenvalue weighted by Gasteiger charge is -2.23. The standard InChI is InChI=1S/C11H18N4O2S/c1-9-10(18-14-13-9)11(16)12-3-2-4-15-5-7-17-8-6-15/h2-8H2,1H3,(H,12,16)/p+1. The molecule has 0 radical (unpaired) electrons. The molecule has 18 heavy (non-hydrogen) atoms. The highest BCUT2D eigenvalue weighted by molar-refractivity contribution is 7.07. The van der Waals surface area contributed by atoms with Crippen LogP contribution in [0.3, 0.4) is 0 Å². The molecule has 1 aromatic rings. The number of quaternary nitrogens is 1. The van der Waals surface area contributed by atoms with Gasteiger partial charge >= 0.3 is 0 Å². The maximum atomic E-state index is 11.8. The van der Waals surface area contributed by atoms with E-state index >= 15 is 0 Å². The molecule has 1 saturated heterocycles. The molecule has 2 heterocycles. The highest BCUT2D eigenvalue weighted by Gasteiger charge is 2.14. The minimum absolute atomic E-state index is 0.0560. The van der Waals surface area contributed by atoms with Gasteiger partial charge in [0, 0.05) is 13.0 Å². The molecule has 1 fully saturated rings. The minimum Gasteiger partial charge on any atom is -0.370 e. The van der Waals surface area contributed by atoms with Gasteiger partial charge in [0.2, 0.25) is 0 Å². The van der Waals surface area contributed by atoms with Gasteiger partial charge < -0.3 is 15.0 Å². The number of hydrogen-bond donors (Lipinski definition) is 2. The average Bonchev–Trinajstić information content (AvgIpc) is 2.82. The summed E-state index contributed by atoms with van der Waals surface area (Å²) in [5.41, 5.74) is 0.705. The first-order valence-corrected chi connectivity index (χ1v) is 7.03. The Bertz CT molecular complexity index is 390. The number of rotatable bonds is 5. The fourth-order valence-corrected chi connectivity index (χ4v) is 2.54. The molecule has 0 atom stereocenters. The van der Waals surface area contributed by atoms with E-state index in [4.69, 9.17) is 4.74 Å². The van der Waals surface area contributed by atoms with Crippen LogP contribution in [0.2, 0.25) is 0 Å². The van der Waals surface area contributed by atoms with Crippen LogP contribution in [0.5, 0.6) is 0 Å². The van der Waals surface area contributed by atoms with Crippen LogP contribution >= 0.6 is 11.5 Å². The van der Waals surface area contributed by atoms with Crippen LogP contribution in [0.1, 0.15) is 21.8 Å². The van der Waals surface area contributed by atoms with E-state index in [9.17, 15) is 4.79 Å². The molecule has 0 bridgehead atoms. The molecular formula is C11H19N4O2S+. The lowest BCUT2D eigenvalue weighted by Crippen LogP contribution is -3.14. The predicted molar refractivity (Wildman–Crippen MR) is 68.0 cm³/mol. The Kier molecular flexibility index (Phi) is 5.03. The quantitative estimate of drug-likeness (QED) is 0.666. The van der Waals surface area contributed by atoms with Crippen LogP contribution in [-0.4, -0.2) is 54.9 Å². The smallest absolute Gasteiger partial charge is 0.264 e. The molecule has 2 rings (SSSR count). The molecule has 1 aliphatic heterocycles. The zero-order valence-corrected chi connectivity index (χ0v) is 11.4. The van der Waals surface area contributed by atoms with Gasteiger partial charge in [0.1, 0.15) is 18.0 Å². The largest absolute Gasteiger partial charge is 0.370 e. The summed E-state index contributed by atoms with van der Waals surface area (Å²) in [4.78, 5) is 14.0. The number of carbonyl (C=O) groups is 1. The highest BCUT2D eigenvalue weighted by Crippen LogP contribution is 2.07. The van der Waals surface area contributed by atoms with E-state index in [1.165, 1.54) is 0 Å². The van der Waals surface area contributed by atoms with Crippen molar-refractivity contribution in [1.82, 2.24) is 14.9 Å². The summed E-state index contributed by atoms with van der Waals surface area (Å²) in [6, 6.07) is 0. The molecule has 0 spiro atoms. The maximum absolute atomic E-state index is 11.8. The van der Waals surface area contributed by atoms with E-state index < -0.39 is 0 Å². The summed E-state index contributed by atoms with van der Waals surface area (Å²) < 4.78 is 9.06. The van der Waals surface area contributed by atoms with Crippen molar-refractivity contribution in [2.45, 2.75) is 13.3 Å². The normalized spacial score (nSPS) is 16.7. The number of aromatic nitrogens is 2. The molecule has 6 nitrogen and oxygen atoms in total. The fourth-order valence-electron chi connectivity index (χ4n) is 1.97. The summed E-state index contributed by atoms with van der Waals surface area (Å²) in [6.07, 6.45) is 0.992. The molecule has 100 valence electrons. The van der Waals surface area contributed by atoms with Crippen molar-refractivity contribution in [2.75, 3.05) is 39.4 Å². The van der Waals surface area contributed by atoms with Crippen LogP contribution in [0, 0.1) is 6.92 Å². The molecule has 1 amide bonds. The van der Waals surface area contributed by atoms with Gasteiger partial charge in [-0.3, -0.25) is 4.79 Å². The number of ether oxygens (including phenoxy) is 1. The second-order valence-electron chi connectivity index (χ2n) is 4.41. The Balaban J connectivity index is 1.63. The maximum Gasteiger partial charge on any atom is 0.264 e. The van der Waals surface area contributed by atoms with E-state index in [1.54, 1.807) is 11.8 Å². The SMILES string of the molecule is Cc1nnsc1C(=O)NCCC[NH+]1CCOCC1. The van der Waals surface area contributed by atoms with Gasteiger partial charge in [-0.1, -0.05) is 4.49 Å². The van der Waals surface area contributed by atoms with Gasteiger partial charge in [-0.15, -0.1) is 5.10 Å². The monoisotopic (exact) mass is 271 g/mol. The number of hydrogen-bond acceptors (Lipinski definition) is 5. The van der Waals surface area contributed by atoms with E-state index in [1.807, 2.05) is 0 Å². The van der Waals surface area contributed by atoms with Crippen LogP contribution in [0.15, 0.2) is 0 Å². The van der Waals surface area contributed by atoms with Gasteiger partial charge in [-0.25, -0.2) is 0 Å². The molecule has 0 unspecified atom stereocenters. The Hall–Kier alpha value is -1.05. The second-order valence-corrected chi connectivity index (χ2v) is 5.16. The zero-order chi connectivity index (χ0) is 12.8. The molecule has 1 aliphatic rings. The summed E-state index contributed by atoms with van der Waals surface area (Å²) in [6.45, 7) is 7.46. The van der Waals surface area contributed by atoms with Crippen molar-refractivity contribution in [3.05, 3.63) is 10.6 Å². The molecule has 0 aliphatic carbocycles. The molecule has 1 aromatic heterocycles. The van der Waals surface area contributed by atoms with Crippen molar-refractivity contribution in [1.29, 1.82) is 0 Å².